The van der Waals surface area contributed by atoms with E-state index in [1.54, 1.807) is 36.4 Å². The maximum Gasteiger partial charge on any atom is 0.295 e. The van der Waals surface area contributed by atoms with Crippen molar-refractivity contribution >= 4 is 17.4 Å². The lowest BCUT2D eigenvalue weighted by atomic mass is 9.99. The number of hydrogen-bond donors (Lipinski definition) is 1. The number of rotatable bonds is 9. The van der Waals surface area contributed by atoms with Gasteiger partial charge in [-0.1, -0.05) is 24.8 Å². The summed E-state index contributed by atoms with van der Waals surface area (Å²) in [6.45, 7) is 3.81. The highest BCUT2D eigenvalue weighted by molar-refractivity contribution is 6.46. The van der Waals surface area contributed by atoms with Crippen LogP contribution >= 0.6 is 0 Å². The number of benzene rings is 1. The minimum Gasteiger partial charge on any atom is -0.872 e. The summed E-state index contributed by atoms with van der Waals surface area (Å²) in [5, 5.41) is 13.2. The maximum atomic E-state index is 13.2. The lowest BCUT2D eigenvalue weighted by Crippen LogP contribution is -3.05. The molecule has 0 spiro atoms. The fourth-order valence-electron chi connectivity index (χ4n) is 3.52. The molecule has 1 fully saturated rings. The number of carbonyl (C=O) groups excluding carboxylic acids is 2. The molecule has 1 saturated heterocycles. The van der Waals surface area contributed by atoms with Gasteiger partial charge in [0.25, 0.3) is 5.91 Å². The lowest BCUT2D eigenvalue weighted by Gasteiger charge is -2.25. The second-order valence-corrected chi connectivity index (χ2v) is 7.67. The van der Waals surface area contributed by atoms with Gasteiger partial charge in [0.1, 0.15) is 17.6 Å². The van der Waals surface area contributed by atoms with Crippen molar-refractivity contribution in [3.05, 3.63) is 59.6 Å². The van der Waals surface area contributed by atoms with Gasteiger partial charge in [0.05, 0.1) is 33.5 Å². The van der Waals surface area contributed by atoms with E-state index in [1.165, 1.54) is 16.1 Å². The molecule has 2 heterocycles. The Hall–Kier alpha value is -3.06. The van der Waals surface area contributed by atoms with Crippen LogP contribution in [0.15, 0.2) is 52.7 Å². The quantitative estimate of drug-likeness (QED) is 0.374. The molecule has 30 heavy (non-hydrogen) atoms. The fraction of sp³-hybridized carbons (Fsp3) is 0.391. The number of nitrogens with one attached hydrogen (secondary N) is 1. The molecule has 0 saturated carbocycles. The highest BCUT2D eigenvalue weighted by Gasteiger charge is 2.45. The topological polar surface area (TPSA) is 87.2 Å². The summed E-state index contributed by atoms with van der Waals surface area (Å²) in [5.41, 5.74) is 0.278. The van der Waals surface area contributed by atoms with Gasteiger partial charge >= 0.3 is 0 Å². The summed E-state index contributed by atoms with van der Waals surface area (Å²) < 4.78 is 11.1. The third-order valence-corrected chi connectivity index (χ3v) is 5.01. The van der Waals surface area contributed by atoms with E-state index in [1.807, 2.05) is 21.0 Å². The Morgan fingerprint density at radius 2 is 1.93 bits per heavy atom. The van der Waals surface area contributed by atoms with Crippen molar-refractivity contribution in [3.8, 4) is 5.75 Å². The van der Waals surface area contributed by atoms with E-state index in [9.17, 15) is 14.7 Å². The van der Waals surface area contributed by atoms with Gasteiger partial charge in [-0.15, -0.1) is 0 Å². The van der Waals surface area contributed by atoms with E-state index in [0.717, 1.165) is 13.0 Å². The molecule has 1 aromatic carbocycles. The normalized spacial score (nSPS) is 18.4. The van der Waals surface area contributed by atoms with Crippen molar-refractivity contribution in [1.82, 2.24) is 4.90 Å². The van der Waals surface area contributed by atoms with E-state index < -0.39 is 23.5 Å². The SMILES string of the molecule is CCCOc1ccc(/C([O-])=C2\C(=O)C(=O)N(CCC[NH+](C)C)C2c2ccco2)cc1. The van der Waals surface area contributed by atoms with Crippen molar-refractivity contribution in [3.63, 3.8) is 0 Å². The maximum absolute atomic E-state index is 13.2. The third kappa shape index (κ3) is 4.57. The summed E-state index contributed by atoms with van der Waals surface area (Å²) in [6.07, 6.45) is 3.07. The largest absolute Gasteiger partial charge is 0.872 e. The number of furan rings is 1. The van der Waals surface area contributed by atoms with Gasteiger partial charge in [0.2, 0.25) is 5.78 Å². The Kier molecular flexibility index (Phi) is 6.95. The standard InChI is InChI=1S/C23H28N2O5/c1-4-14-29-17-10-8-16(9-11-17)21(26)19-20(18-7-5-15-30-18)25(23(28)22(19)27)13-6-12-24(2)3/h5,7-11,15,20,26H,4,6,12-14H2,1-3H3/b21-19+. The molecule has 1 aromatic heterocycles. The Morgan fingerprint density at radius 1 is 1.20 bits per heavy atom. The van der Waals surface area contributed by atoms with Crippen LogP contribution < -0.4 is 14.7 Å². The predicted octanol–water partition coefficient (Wildman–Crippen LogP) is 0.827. The number of ether oxygens (including phenoxy) is 1. The van der Waals surface area contributed by atoms with Crippen LogP contribution in [0.4, 0.5) is 0 Å². The summed E-state index contributed by atoms with van der Waals surface area (Å²) in [4.78, 5) is 28.3. The molecule has 1 amide bonds. The van der Waals surface area contributed by atoms with Gasteiger partial charge in [0.15, 0.2) is 0 Å². The van der Waals surface area contributed by atoms with E-state index in [-0.39, 0.29) is 5.57 Å². The van der Waals surface area contributed by atoms with Gasteiger partial charge in [-0.25, -0.2) is 0 Å². The van der Waals surface area contributed by atoms with E-state index >= 15 is 0 Å². The molecule has 7 nitrogen and oxygen atoms in total. The van der Waals surface area contributed by atoms with Crippen molar-refractivity contribution in [2.24, 2.45) is 0 Å². The molecule has 2 aromatic rings. The van der Waals surface area contributed by atoms with Gasteiger partial charge in [-0.2, -0.15) is 0 Å². The van der Waals surface area contributed by atoms with E-state index in [4.69, 9.17) is 9.15 Å². The number of amides is 1. The highest BCUT2D eigenvalue weighted by Crippen LogP contribution is 2.38. The average Bonchev–Trinajstić information content (AvgIpc) is 3.34. The molecule has 1 unspecified atom stereocenters. The number of nitrogens with zero attached hydrogens (tertiary/aromatic N) is 1. The molecule has 0 bridgehead atoms. The number of quaternary nitrogens is 1. The van der Waals surface area contributed by atoms with E-state index in [2.05, 4.69) is 0 Å². The van der Waals surface area contributed by atoms with Gasteiger partial charge < -0.3 is 24.1 Å². The van der Waals surface area contributed by atoms with Gasteiger partial charge in [-0.3, -0.25) is 9.59 Å². The van der Waals surface area contributed by atoms with Crippen molar-refractivity contribution in [1.29, 1.82) is 0 Å². The monoisotopic (exact) mass is 412 g/mol. The van der Waals surface area contributed by atoms with Crippen LogP contribution in [0.1, 0.15) is 37.1 Å². The number of carbonyl (C=O) groups is 2. The molecule has 3 rings (SSSR count). The molecule has 1 N–H and O–H groups in total. The summed E-state index contributed by atoms with van der Waals surface area (Å²) in [7, 11) is 4.05. The Labute approximate surface area is 176 Å². The van der Waals surface area contributed by atoms with Crippen LogP contribution in [0.25, 0.3) is 5.76 Å². The summed E-state index contributed by atoms with van der Waals surface area (Å²) in [5.74, 6) is -0.806. The Balaban J connectivity index is 1.95. The van der Waals surface area contributed by atoms with Crippen LogP contribution in [-0.4, -0.2) is 50.4 Å². The van der Waals surface area contributed by atoms with Crippen LogP contribution in [0.3, 0.4) is 0 Å². The van der Waals surface area contributed by atoms with Crippen LogP contribution in [0.2, 0.25) is 0 Å². The minimum absolute atomic E-state index is 0.0608. The molecular formula is C23H28N2O5. The number of Topliss-reactive ketones (excluding diaryl/α,β-unsaturated/α-hetero) is 1. The molecule has 7 heteroatoms. The van der Waals surface area contributed by atoms with Crippen LogP contribution in [0.5, 0.6) is 5.75 Å². The van der Waals surface area contributed by atoms with Crippen LogP contribution in [-0.2, 0) is 9.59 Å². The zero-order valence-corrected chi connectivity index (χ0v) is 17.6. The van der Waals surface area contributed by atoms with Gasteiger partial charge in [-0.05, 0) is 36.2 Å². The van der Waals surface area contributed by atoms with Crippen molar-refractivity contribution < 1.29 is 28.7 Å². The van der Waals surface area contributed by atoms with Gasteiger partial charge in [0, 0.05) is 18.5 Å². The third-order valence-electron chi connectivity index (χ3n) is 5.01. The second-order valence-electron chi connectivity index (χ2n) is 7.67. The summed E-state index contributed by atoms with van der Waals surface area (Å²) in [6, 6.07) is 9.21. The number of hydrogen-bond acceptors (Lipinski definition) is 5. The Morgan fingerprint density at radius 3 is 2.53 bits per heavy atom. The Bertz CT molecular complexity index is 900. The number of ketones is 1. The smallest absolute Gasteiger partial charge is 0.295 e. The second kappa shape index (κ2) is 9.63. The summed E-state index contributed by atoms with van der Waals surface area (Å²) >= 11 is 0. The van der Waals surface area contributed by atoms with E-state index in [0.29, 0.717) is 36.6 Å². The molecule has 0 aliphatic carbocycles. The molecule has 0 radical (unpaired) electrons. The first-order valence-corrected chi connectivity index (χ1v) is 10.3. The first-order valence-electron chi connectivity index (χ1n) is 10.3. The molecular weight excluding hydrogens is 384 g/mol. The van der Waals surface area contributed by atoms with Crippen molar-refractivity contribution in [2.75, 3.05) is 33.8 Å². The molecule has 1 aliphatic rings. The fourth-order valence-corrected chi connectivity index (χ4v) is 3.52. The zero-order valence-electron chi connectivity index (χ0n) is 17.6. The molecule has 160 valence electrons. The minimum atomic E-state index is -0.805. The van der Waals surface area contributed by atoms with Crippen molar-refractivity contribution in [2.45, 2.75) is 25.8 Å². The number of likely N-dealkylation sites (tertiary alicyclic amines) is 1. The first-order chi connectivity index (χ1) is 14.4. The molecule has 1 aliphatic heterocycles. The molecule has 1 atom stereocenters. The first kappa shape index (κ1) is 21.6. The highest BCUT2D eigenvalue weighted by atomic mass is 16.5. The average molecular weight is 412 g/mol. The predicted molar refractivity (Wildman–Crippen MR) is 110 cm³/mol. The van der Waals surface area contributed by atoms with Crippen LogP contribution in [0, 0.1) is 0 Å². The zero-order chi connectivity index (χ0) is 21.7. The lowest BCUT2D eigenvalue weighted by molar-refractivity contribution is -0.858.